The van der Waals surface area contributed by atoms with Crippen molar-refractivity contribution in [1.82, 2.24) is 0 Å². The summed E-state index contributed by atoms with van der Waals surface area (Å²) in [6.07, 6.45) is 4.46. The van der Waals surface area contributed by atoms with Crippen molar-refractivity contribution >= 4 is 57.0 Å². The first-order valence-electron chi connectivity index (χ1n) is 25.2. The van der Waals surface area contributed by atoms with Crippen LogP contribution in [-0.2, 0) is 16.2 Å². The van der Waals surface area contributed by atoms with Crippen LogP contribution in [0.5, 0.6) is 0 Å². The van der Waals surface area contributed by atoms with E-state index in [2.05, 4.69) is 282 Å². The molecule has 2 aliphatic heterocycles. The number of rotatable bonds is 6. The zero-order chi connectivity index (χ0) is 48.2. The molecule has 1 aliphatic carbocycles. The SMILES string of the molecule is CC1(C)c2cc(-c3ccc4cc(/C=C/c5ccc(-c6ccc7c(c6)C(C)(C)c6ccccc6N7c6ccccc6)cc5)ccc4c3)ccc2-c2cc3c(cc21)N(c1ccccc1)c1ccccc1C3(C)C. The van der Waals surface area contributed by atoms with Gasteiger partial charge in [0.1, 0.15) is 0 Å². The Morgan fingerprint density at radius 1 is 0.282 bits per heavy atom. The Hall–Kier alpha value is -8.20. The van der Waals surface area contributed by atoms with Crippen LogP contribution in [0.4, 0.5) is 34.1 Å². The van der Waals surface area contributed by atoms with E-state index in [1.165, 1.54) is 123 Å². The second-order valence-electron chi connectivity index (χ2n) is 21.4. The third-order valence-corrected chi connectivity index (χ3v) is 16.2. The van der Waals surface area contributed by atoms with Gasteiger partial charge in [0.2, 0.25) is 0 Å². The molecule has 342 valence electrons. The lowest BCUT2D eigenvalue weighted by molar-refractivity contribution is 0.627. The van der Waals surface area contributed by atoms with Gasteiger partial charge in [0.25, 0.3) is 0 Å². The van der Waals surface area contributed by atoms with Gasteiger partial charge in [-0.25, -0.2) is 0 Å². The Morgan fingerprint density at radius 2 is 0.718 bits per heavy atom. The van der Waals surface area contributed by atoms with Gasteiger partial charge in [-0.1, -0.05) is 193 Å². The second kappa shape index (κ2) is 15.9. The van der Waals surface area contributed by atoms with Crippen molar-refractivity contribution in [2.45, 2.75) is 57.8 Å². The molecule has 2 heterocycles. The molecule has 0 unspecified atom stereocenters. The molecule has 0 amide bonds. The maximum absolute atomic E-state index is 2.51. The summed E-state index contributed by atoms with van der Waals surface area (Å²) < 4.78 is 0. The predicted molar refractivity (Wildman–Crippen MR) is 301 cm³/mol. The Kier molecular flexibility index (Phi) is 9.61. The highest BCUT2D eigenvalue weighted by Crippen LogP contribution is 2.58. The van der Waals surface area contributed by atoms with Gasteiger partial charge in [-0.2, -0.15) is 0 Å². The van der Waals surface area contributed by atoms with Crippen LogP contribution in [0.3, 0.4) is 0 Å². The minimum absolute atomic E-state index is 0.150. The maximum atomic E-state index is 2.51. The topological polar surface area (TPSA) is 6.48 Å². The lowest BCUT2D eigenvalue weighted by Crippen LogP contribution is -2.31. The fourth-order valence-corrected chi connectivity index (χ4v) is 12.2. The minimum Gasteiger partial charge on any atom is -0.310 e. The van der Waals surface area contributed by atoms with Gasteiger partial charge < -0.3 is 9.80 Å². The zero-order valence-electron chi connectivity index (χ0n) is 41.3. The summed E-state index contributed by atoms with van der Waals surface area (Å²) in [5.74, 6) is 0. The smallest absolute Gasteiger partial charge is 0.0506 e. The van der Waals surface area contributed by atoms with Crippen molar-refractivity contribution in [1.29, 1.82) is 0 Å². The van der Waals surface area contributed by atoms with Crippen molar-refractivity contribution in [2.75, 3.05) is 9.80 Å². The Balaban J connectivity index is 0.760. The van der Waals surface area contributed by atoms with Crippen LogP contribution in [-0.4, -0.2) is 0 Å². The highest BCUT2D eigenvalue weighted by Gasteiger charge is 2.43. The van der Waals surface area contributed by atoms with Crippen LogP contribution < -0.4 is 9.80 Å². The molecule has 2 heteroatoms. The molecule has 0 saturated carbocycles. The normalized spacial score (nSPS) is 15.4. The largest absolute Gasteiger partial charge is 0.310 e. The summed E-state index contributed by atoms with van der Waals surface area (Å²) in [6, 6.07) is 81.3. The first kappa shape index (κ1) is 42.9. The summed E-state index contributed by atoms with van der Waals surface area (Å²) in [6.45, 7) is 14.3. The summed E-state index contributed by atoms with van der Waals surface area (Å²) in [5.41, 5.74) is 25.0. The van der Waals surface area contributed by atoms with E-state index in [-0.39, 0.29) is 16.2 Å². The number of fused-ring (bicyclic) bond motifs is 8. The van der Waals surface area contributed by atoms with Crippen LogP contribution in [0.15, 0.2) is 218 Å². The van der Waals surface area contributed by atoms with Crippen LogP contribution in [0.25, 0.3) is 56.3 Å². The predicted octanol–water partition coefficient (Wildman–Crippen LogP) is 18.9. The monoisotopic (exact) mass is 912 g/mol. The molecule has 0 fully saturated rings. The zero-order valence-corrected chi connectivity index (χ0v) is 41.3. The van der Waals surface area contributed by atoms with Crippen molar-refractivity contribution in [3.63, 3.8) is 0 Å². The molecule has 3 aliphatic rings. The first-order valence-corrected chi connectivity index (χ1v) is 25.2. The fourth-order valence-electron chi connectivity index (χ4n) is 12.2. The van der Waals surface area contributed by atoms with Crippen molar-refractivity contribution in [2.24, 2.45) is 0 Å². The summed E-state index contributed by atoms with van der Waals surface area (Å²) in [5, 5.41) is 2.48. The number of hydrogen-bond donors (Lipinski definition) is 0. The van der Waals surface area contributed by atoms with E-state index in [9.17, 15) is 0 Å². The van der Waals surface area contributed by atoms with Gasteiger partial charge in [-0.3, -0.25) is 0 Å². The van der Waals surface area contributed by atoms with Crippen LogP contribution in [0.1, 0.15) is 86.1 Å². The molecule has 10 aromatic rings. The van der Waals surface area contributed by atoms with Crippen LogP contribution in [0.2, 0.25) is 0 Å². The van der Waals surface area contributed by atoms with E-state index in [1.54, 1.807) is 0 Å². The van der Waals surface area contributed by atoms with E-state index in [4.69, 9.17) is 0 Å². The van der Waals surface area contributed by atoms with Gasteiger partial charge in [0, 0.05) is 27.6 Å². The molecule has 13 rings (SSSR count). The van der Waals surface area contributed by atoms with Crippen molar-refractivity contribution in [3.8, 4) is 33.4 Å². The van der Waals surface area contributed by atoms with Gasteiger partial charge in [0.15, 0.2) is 0 Å². The van der Waals surface area contributed by atoms with E-state index < -0.39 is 0 Å². The quantitative estimate of drug-likeness (QED) is 0.153. The fraction of sp³-hybridized carbons (Fsp3) is 0.130. The highest BCUT2D eigenvalue weighted by molar-refractivity contribution is 5.94. The molecular formula is C69H56N2. The third-order valence-electron chi connectivity index (χ3n) is 16.2. The standard InChI is InChI=1S/C69H56N2/c1-67(2)57-21-13-15-23-63(57)70(53-17-9-7-10-18-53)65-38-36-51(42-61(65)67)47-30-27-45(28-31-47)25-26-46-29-32-49-40-50(34-33-48(49)39-46)52-35-37-55-56-43-62-66(44-60(56)69(5,6)59(55)41-52)71(54-19-11-8-12-20-54)64-24-16-14-22-58(64)68(62,3)4/h7-44H,1-6H3/b26-25+. The second-order valence-corrected chi connectivity index (χ2v) is 21.4. The van der Waals surface area contributed by atoms with E-state index in [1.807, 2.05) is 0 Å². The summed E-state index contributed by atoms with van der Waals surface area (Å²) >= 11 is 0. The maximum Gasteiger partial charge on any atom is 0.0506 e. The van der Waals surface area contributed by atoms with Crippen LogP contribution in [0, 0.1) is 0 Å². The lowest BCUT2D eigenvalue weighted by atomic mass is 9.72. The van der Waals surface area contributed by atoms with Crippen LogP contribution >= 0.6 is 0 Å². The summed E-state index contributed by atoms with van der Waals surface area (Å²) in [7, 11) is 0. The van der Waals surface area contributed by atoms with Gasteiger partial charge in [-0.15, -0.1) is 0 Å². The molecule has 10 aromatic carbocycles. The van der Waals surface area contributed by atoms with Gasteiger partial charge >= 0.3 is 0 Å². The molecule has 0 aromatic heterocycles. The summed E-state index contributed by atoms with van der Waals surface area (Å²) in [4.78, 5) is 4.89. The highest BCUT2D eigenvalue weighted by atomic mass is 15.2. The molecular weight excluding hydrogens is 857 g/mol. The molecule has 71 heavy (non-hydrogen) atoms. The molecule has 0 bridgehead atoms. The van der Waals surface area contributed by atoms with E-state index in [0.29, 0.717) is 0 Å². The van der Waals surface area contributed by atoms with E-state index >= 15 is 0 Å². The Labute approximate surface area is 418 Å². The third kappa shape index (κ3) is 6.76. The molecule has 0 saturated heterocycles. The molecule has 2 nitrogen and oxygen atoms in total. The minimum atomic E-state index is -0.172. The van der Waals surface area contributed by atoms with E-state index in [0.717, 1.165) is 0 Å². The molecule has 0 N–H and O–H groups in total. The number of hydrogen-bond acceptors (Lipinski definition) is 2. The molecule has 0 radical (unpaired) electrons. The first-order chi connectivity index (χ1) is 34.4. The Morgan fingerprint density at radius 3 is 1.39 bits per heavy atom. The lowest BCUT2D eigenvalue weighted by Gasteiger charge is -2.42. The Bertz CT molecular complexity index is 3780. The average molecular weight is 913 g/mol. The average Bonchev–Trinajstić information content (AvgIpc) is 3.62. The molecule has 0 atom stereocenters. The van der Waals surface area contributed by atoms with Gasteiger partial charge in [0.05, 0.1) is 22.7 Å². The number of nitrogens with zero attached hydrogens (tertiary/aromatic N) is 2. The van der Waals surface area contributed by atoms with Crippen molar-refractivity contribution in [3.05, 3.63) is 263 Å². The van der Waals surface area contributed by atoms with Gasteiger partial charge in [-0.05, 0) is 168 Å². The number of para-hydroxylation sites is 4. The van der Waals surface area contributed by atoms with Crippen molar-refractivity contribution < 1.29 is 0 Å². The number of benzene rings is 10. The molecule has 0 spiro atoms. The number of anilines is 6.